The average molecular weight is 267 g/mol. The summed E-state index contributed by atoms with van der Waals surface area (Å²) < 4.78 is 5.37. The second-order valence-corrected chi connectivity index (χ2v) is 4.61. The summed E-state index contributed by atoms with van der Waals surface area (Å²) in [4.78, 5) is 4.12. The molecule has 1 aliphatic rings. The highest BCUT2D eigenvalue weighted by molar-refractivity contribution is 5.84. The number of hydrogen-bond acceptors (Lipinski definition) is 5. The van der Waals surface area contributed by atoms with E-state index < -0.39 is 5.92 Å². The second-order valence-electron chi connectivity index (χ2n) is 4.61. The number of rotatable bonds is 2. The number of nitriles is 1. The van der Waals surface area contributed by atoms with E-state index in [-0.39, 0.29) is 11.8 Å². The molecule has 20 heavy (non-hydrogen) atoms. The monoisotopic (exact) mass is 267 g/mol. The van der Waals surface area contributed by atoms with Crippen molar-refractivity contribution in [3.8, 4) is 11.9 Å². The summed E-state index contributed by atoms with van der Waals surface area (Å²) in [5.41, 5.74) is 2.69. The largest absolute Gasteiger partial charge is 0.422 e. The van der Waals surface area contributed by atoms with Crippen LogP contribution in [0.1, 0.15) is 29.7 Å². The summed E-state index contributed by atoms with van der Waals surface area (Å²) in [6.45, 7) is 2.01. The van der Waals surface area contributed by atoms with Gasteiger partial charge in [0.05, 0.1) is 6.07 Å². The predicted molar refractivity (Wildman–Crippen MR) is 71.5 cm³/mol. The molecule has 0 saturated heterocycles. The molecule has 0 saturated carbocycles. The molecule has 0 radical (unpaired) electrons. The Labute approximate surface area is 115 Å². The molecule has 2 unspecified atom stereocenters. The molecule has 0 bridgehead atoms. The Morgan fingerprint density at radius 2 is 2.40 bits per heavy atom. The van der Waals surface area contributed by atoms with Crippen molar-refractivity contribution in [2.75, 3.05) is 0 Å². The molecule has 6 heteroatoms. The van der Waals surface area contributed by atoms with Gasteiger partial charge in [-0.2, -0.15) is 5.26 Å². The zero-order valence-corrected chi connectivity index (χ0v) is 10.9. The minimum absolute atomic E-state index is 0.0667. The number of aromatic amines is 1. The van der Waals surface area contributed by atoms with Gasteiger partial charge >= 0.3 is 0 Å². The first kappa shape index (κ1) is 12.4. The molecule has 0 fully saturated rings. The maximum absolute atomic E-state index is 9.40. The number of nitrogens with one attached hydrogen (secondary N) is 2. The Bertz CT molecular complexity index is 685. The number of aryl methyl sites for hydroxylation is 1. The minimum atomic E-state index is -0.658. The molecule has 6 nitrogen and oxygen atoms in total. The van der Waals surface area contributed by atoms with Crippen LogP contribution in [0.15, 0.2) is 24.5 Å². The number of ether oxygens (including phenoxy) is 1. The van der Waals surface area contributed by atoms with Crippen molar-refractivity contribution in [1.82, 2.24) is 15.2 Å². The van der Waals surface area contributed by atoms with E-state index >= 15 is 0 Å². The Morgan fingerprint density at radius 1 is 1.55 bits per heavy atom. The van der Waals surface area contributed by atoms with Crippen LogP contribution < -0.4 is 4.74 Å². The number of H-pyrrole nitrogens is 1. The van der Waals surface area contributed by atoms with Crippen LogP contribution in [0.5, 0.6) is 5.88 Å². The van der Waals surface area contributed by atoms with Gasteiger partial charge in [-0.15, -0.1) is 5.10 Å². The Hall–Kier alpha value is -2.68. The van der Waals surface area contributed by atoms with E-state index in [4.69, 9.17) is 10.1 Å². The van der Waals surface area contributed by atoms with Crippen molar-refractivity contribution in [1.29, 1.82) is 10.7 Å². The third kappa shape index (κ3) is 1.75. The first-order valence-corrected chi connectivity index (χ1v) is 6.39. The van der Waals surface area contributed by atoms with Gasteiger partial charge in [0.1, 0.15) is 5.92 Å². The topological polar surface area (TPSA) is 98.4 Å². The SMILES string of the molecule is CCc1[nH]nc2c1C(c1cccnc1)C(C#N)C(=N)O2. The van der Waals surface area contributed by atoms with Gasteiger partial charge in [0, 0.05) is 29.6 Å². The molecular weight excluding hydrogens is 254 g/mol. The quantitative estimate of drug-likeness (QED) is 0.869. The summed E-state index contributed by atoms with van der Waals surface area (Å²) >= 11 is 0. The van der Waals surface area contributed by atoms with Crippen molar-refractivity contribution in [3.63, 3.8) is 0 Å². The summed E-state index contributed by atoms with van der Waals surface area (Å²) in [5, 5.41) is 24.3. The van der Waals surface area contributed by atoms with Crippen molar-refractivity contribution in [3.05, 3.63) is 41.3 Å². The van der Waals surface area contributed by atoms with E-state index in [0.29, 0.717) is 5.88 Å². The third-order valence-electron chi connectivity index (χ3n) is 3.52. The Kier molecular flexibility index (Phi) is 2.95. The standard InChI is InChI=1S/C14H13N5O/c1-2-10-12-11(8-4-3-5-17-7-8)9(6-15)13(16)20-14(12)19-18-10/h3-5,7,9,11,16H,2H2,1H3,(H,18,19). The number of fused-ring (bicyclic) bond motifs is 1. The van der Waals surface area contributed by atoms with E-state index in [2.05, 4.69) is 21.3 Å². The number of hydrogen-bond donors (Lipinski definition) is 2. The summed E-state index contributed by atoms with van der Waals surface area (Å²) in [5.74, 6) is -0.594. The number of nitrogens with zero attached hydrogens (tertiary/aromatic N) is 3. The van der Waals surface area contributed by atoms with Gasteiger partial charge in [-0.05, 0) is 18.1 Å². The lowest BCUT2D eigenvalue weighted by Crippen LogP contribution is -2.31. The summed E-state index contributed by atoms with van der Waals surface area (Å²) in [6.07, 6.45) is 4.17. The molecular formula is C14H13N5O. The van der Waals surface area contributed by atoms with Gasteiger partial charge in [0.25, 0.3) is 0 Å². The summed E-state index contributed by atoms with van der Waals surface area (Å²) in [7, 11) is 0. The highest BCUT2D eigenvalue weighted by atomic mass is 16.5. The molecule has 2 aromatic heterocycles. The van der Waals surface area contributed by atoms with E-state index in [1.165, 1.54) is 0 Å². The molecule has 0 aromatic carbocycles. The molecule has 2 N–H and O–H groups in total. The van der Waals surface area contributed by atoms with Crippen LogP contribution in [0.3, 0.4) is 0 Å². The molecule has 2 aromatic rings. The maximum atomic E-state index is 9.40. The highest BCUT2D eigenvalue weighted by Gasteiger charge is 2.40. The first-order valence-electron chi connectivity index (χ1n) is 6.39. The van der Waals surface area contributed by atoms with Gasteiger partial charge in [0.2, 0.25) is 11.8 Å². The summed E-state index contributed by atoms with van der Waals surface area (Å²) in [6, 6.07) is 5.91. The lowest BCUT2D eigenvalue weighted by Gasteiger charge is -2.27. The predicted octanol–water partition coefficient (Wildman–Crippen LogP) is 2.01. The molecule has 1 aliphatic heterocycles. The zero-order valence-electron chi connectivity index (χ0n) is 10.9. The van der Waals surface area contributed by atoms with Crippen LogP contribution >= 0.6 is 0 Å². The zero-order chi connectivity index (χ0) is 14.1. The normalized spacial score (nSPS) is 20.9. The van der Waals surface area contributed by atoms with E-state index in [1.54, 1.807) is 12.4 Å². The van der Waals surface area contributed by atoms with Crippen molar-refractivity contribution < 1.29 is 4.74 Å². The molecule has 0 amide bonds. The maximum Gasteiger partial charge on any atom is 0.243 e. The van der Waals surface area contributed by atoms with Crippen LogP contribution in [0.25, 0.3) is 0 Å². The molecule has 3 rings (SSSR count). The van der Waals surface area contributed by atoms with Gasteiger partial charge in [0.15, 0.2) is 0 Å². The van der Waals surface area contributed by atoms with Gasteiger partial charge in [-0.1, -0.05) is 13.0 Å². The van der Waals surface area contributed by atoms with Crippen molar-refractivity contribution in [2.24, 2.45) is 5.92 Å². The van der Waals surface area contributed by atoms with Crippen LogP contribution in [-0.4, -0.2) is 21.1 Å². The van der Waals surface area contributed by atoms with Crippen LogP contribution in [-0.2, 0) is 6.42 Å². The van der Waals surface area contributed by atoms with E-state index in [9.17, 15) is 5.26 Å². The smallest absolute Gasteiger partial charge is 0.243 e. The van der Waals surface area contributed by atoms with Crippen LogP contribution in [0, 0.1) is 22.7 Å². The lowest BCUT2D eigenvalue weighted by molar-refractivity contribution is 0.436. The minimum Gasteiger partial charge on any atom is -0.422 e. The highest BCUT2D eigenvalue weighted by Crippen LogP contribution is 2.42. The third-order valence-corrected chi connectivity index (χ3v) is 3.52. The number of aromatic nitrogens is 3. The van der Waals surface area contributed by atoms with E-state index in [1.807, 2.05) is 19.1 Å². The molecule has 0 spiro atoms. The van der Waals surface area contributed by atoms with Crippen LogP contribution in [0.4, 0.5) is 0 Å². The molecule has 2 atom stereocenters. The lowest BCUT2D eigenvalue weighted by atomic mass is 9.80. The first-order chi connectivity index (χ1) is 9.76. The Morgan fingerprint density at radius 3 is 3.05 bits per heavy atom. The van der Waals surface area contributed by atoms with Gasteiger partial charge in [-0.3, -0.25) is 15.5 Å². The molecule has 0 aliphatic carbocycles. The van der Waals surface area contributed by atoms with Crippen molar-refractivity contribution in [2.45, 2.75) is 19.3 Å². The second kappa shape index (κ2) is 4.78. The Balaban J connectivity index is 2.21. The van der Waals surface area contributed by atoms with Gasteiger partial charge < -0.3 is 4.74 Å². The fraction of sp³-hybridized carbons (Fsp3) is 0.286. The van der Waals surface area contributed by atoms with Crippen molar-refractivity contribution >= 4 is 5.90 Å². The average Bonchev–Trinajstić information content (AvgIpc) is 2.89. The fourth-order valence-corrected chi connectivity index (χ4v) is 2.57. The van der Waals surface area contributed by atoms with Gasteiger partial charge in [-0.25, -0.2) is 0 Å². The van der Waals surface area contributed by atoms with E-state index in [0.717, 1.165) is 23.2 Å². The molecule has 100 valence electrons. The molecule has 3 heterocycles. The number of pyridine rings is 1. The fourth-order valence-electron chi connectivity index (χ4n) is 2.57. The van der Waals surface area contributed by atoms with Crippen LogP contribution in [0.2, 0.25) is 0 Å².